The summed E-state index contributed by atoms with van der Waals surface area (Å²) in [5.74, 6) is 0.808. The van der Waals surface area contributed by atoms with Crippen molar-refractivity contribution in [3.8, 4) is 28.7 Å². The summed E-state index contributed by atoms with van der Waals surface area (Å²) in [4.78, 5) is 0. The van der Waals surface area contributed by atoms with E-state index >= 15 is 0 Å². The molecule has 100 valence electrons. The van der Waals surface area contributed by atoms with Gasteiger partial charge in [-0.15, -0.1) is 10.2 Å². The van der Waals surface area contributed by atoms with E-state index < -0.39 is 0 Å². The fraction of sp³-hybridized carbons (Fsp3) is 0. The maximum atomic E-state index is 9.25. The average molecular weight is 307 g/mol. The van der Waals surface area contributed by atoms with E-state index in [0.717, 1.165) is 0 Å². The Morgan fingerprint density at radius 2 is 1.60 bits per heavy atom. The first kappa shape index (κ1) is 13.0. The van der Waals surface area contributed by atoms with Crippen molar-refractivity contribution in [2.75, 3.05) is 0 Å². The van der Waals surface area contributed by atoms with Gasteiger partial charge < -0.3 is 9.52 Å². The second-order valence-electron chi connectivity index (χ2n) is 4.06. The first-order chi connectivity index (χ1) is 9.65. The van der Waals surface area contributed by atoms with Crippen LogP contribution in [0.5, 0.6) is 5.75 Å². The third kappa shape index (κ3) is 2.35. The Labute approximate surface area is 124 Å². The van der Waals surface area contributed by atoms with Crippen molar-refractivity contribution >= 4 is 23.2 Å². The molecule has 0 amide bonds. The fourth-order valence-electron chi connectivity index (χ4n) is 1.72. The molecule has 20 heavy (non-hydrogen) atoms. The van der Waals surface area contributed by atoms with E-state index in [1.54, 1.807) is 42.5 Å². The van der Waals surface area contributed by atoms with Crippen LogP contribution in [0.25, 0.3) is 22.9 Å². The molecule has 0 saturated heterocycles. The van der Waals surface area contributed by atoms with Crippen LogP contribution in [0, 0.1) is 0 Å². The van der Waals surface area contributed by atoms with E-state index in [1.165, 1.54) is 0 Å². The van der Waals surface area contributed by atoms with Crippen LogP contribution in [0.3, 0.4) is 0 Å². The molecule has 0 aliphatic heterocycles. The van der Waals surface area contributed by atoms with Crippen molar-refractivity contribution in [2.45, 2.75) is 0 Å². The maximum Gasteiger partial charge on any atom is 0.249 e. The number of aromatic hydroxyl groups is 1. The van der Waals surface area contributed by atoms with Crippen molar-refractivity contribution in [1.29, 1.82) is 0 Å². The highest BCUT2D eigenvalue weighted by atomic mass is 35.5. The predicted molar refractivity (Wildman–Crippen MR) is 76.9 cm³/mol. The molecule has 0 unspecified atom stereocenters. The van der Waals surface area contributed by atoms with Crippen LogP contribution in [0.4, 0.5) is 0 Å². The minimum Gasteiger partial charge on any atom is -0.508 e. The summed E-state index contributed by atoms with van der Waals surface area (Å²) in [6.07, 6.45) is 0. The van der Waals surface area contributed by atoms with Crippen molar-refractivity contribution in [3.63, 3.8) is 0 Å². The maximum absolute atomic E-state index is 9.25. The number of rotatable bonds is 2. The summed E-state index contributed by atoms with van der Waals surface area (Å²) in [5, 5.41) is 18.0. The number of hydrogen-bond donors (Lipinski definition) is 1. The normalized spacial score (nSPS) is 10.7. The number of phenols is 1. The molecule has 0 bridgehead atoms. The molecule has 0 atom stereocenters. The van der Waals surface area contributed by atoms with E-state index in [1.807, 2.05) is 0 Å². The van der Waals surface area contributed by atoms with Crippen LogP contribution in [-0.4, -0.2) is 15.3 Å². The lowest BCUT2D eigenvalue weighted by Crippen LogP contribution is -1.80. The highest BCUT2D eigenvalue weighted by Gasteiger charge is 2.14. The van der Waals surface area contributed by atoms with Crippen LogP contribution >= 0.6 is 23.2 Å². The second-order valence-corrected chi connectivity index (χ2v) is 4.85. The molecule has 3 aromatic rings. The Morgan fingerprint density at radius 3 is 2.35 bits per heavy atom. The van der Waals surface area contributed by atoms with E-state index in [-0.39, 0.29) is 5.75 Å². The van der Waals surface area contributed by atoms with Crippen LogP contribution in [-0.2, 0) is 0 Å². The standard InChI is InChI=1S/C14H8Cl2N2O2/c15-11-3-1-2-10(12(11)16)14-18-17-13(20-14)8-4-6-9(19)7-5-8/h1-7,19H. The van der Waals surface area contributed by atoms with Gasteiger partial charge in [0.2, 0.25) is 11.8 Å². The molecule has 0 aliphatic rings. The van der Waals surface area contributed by atoms with Gasteiger partial charge >= 0.3 is 0 Å². The van der Waals surface area contributed by atoms with Crippen molar-refractivity contribution in [2.24, 2.45) is 0 Å². The summed E-state index contributed by atoms with van der Waals surface area (Å²) in [5.41, 5.74) is 1.29. The lowest BCUT2D eigenvalue weighted by molar-refractivity contribution is 0.475. The smallest absolute Gasteiger partial charge is 0.249 e. The van der Waals surface area contributed by atoms with E-state index in [4.69, 9.17) is 27.6 Å². The van der Waals surface area contributed by atoms with Gasteiger partial charge in [-0.25, -0.2) is 0 Å². The highest BCUT2D eigenvalue weighted by molar-refractivity contribution is 6.43. The topological polar surface area (TPSA) is 59.2 Å². The third-order valence-electron chi connectivity index (χ3n) is 2.72. The molecule has 1 N–H and O–H groups in total. The monoisotopic (exact) mass is 306 g/mol. The van der Waals surface area contributed by atoms with Gasteiger partial charge in [-0.1, -0.05) is 29.3 Å². The molecule has 0 radical (unpaired) electrons. The SMILES string of the molecule is Oc1ccc(-c2nnc(-c3cccc(Cl)c3Cl)o2)cc1. The molecule has 2 aromatic carbocycles. The van der Waals surface area contributed by atoms with E-state index in [0.29, 0.717) is 33.0 Å². The fourth-order valence-corrected chi connectivity index (χ4v) is 2.10. The number of halogens is 2. The molecule has 4 nitrogen and oxygen atoms in total. The number of nitrogens with zero attached hydrogens (tertiary/aromatic N) is 2. The Bertz CT molecular complexity index is 754. The zero-order valence-corrected chi connectivity index (χ0v) is 11.6. The summed E-state index contributed by atoms with van der Waals surface area (Å²) < 4.78 is 5.58. The van der Waals surface area contributed by atoms with Gasteiger partial charge in [-0.05, 0) is 36.4 Å². The van der Waals surface area contributed by atoms with Gasteiger partial charge in [-0.3, -0.25) is 0 Å². The molecular weight excluding hydrogens is 299 g/mol. The molecule has 0 spiro atoms. The predicted octanol–water partition coefficient (Wildman–Crippen LogP) is 4.42. The van der Waals surface area contributed by atoms with Crippen molar-refractivity contribution < 1.29 is 9.52 Å². The summed E-state index contributed by atoms with van der Waals surface area (Å²) >= 11 is 12.1. The van der Waals surface area contributed by atoms with Crippen molar-refractivity contribution in [3.05, 3.63) is 52.5 Å². The largest absolute Gasteiger partial charge is 0.508 e. The lowest BCUT2D eigenvalue weighted by Gasteiger charge is -2.00. The second kappa shape index (κ2) is 5.15. The van der Waals surface area contributed by atoms with Gasteiger partial charge in [0.25, 0.3) is 0 Å². The number of hydrogen-bond acceptors (Lipinski definition) is 4. The van der Waals surface area contributed by atoms with Gasteiger partial charge in [0.1, 0.15) is 5.75 Å². The van der Waals surface area contributed by atoms with E-state index in [9.17, 15) is 5.11 Å². The molecular formula is C14H8Cl2N2O2. The van der Waals surface area contributed by atoms with Gasteiger partial charge in [0, 0.05) is 5.56 Å². The molecule has 1 aromatic heterocycles. The van der Waals surface area contributed by atoms with Gasteiger partial charge in [0.15, 0.2) is 0 Å². The Balaban J connectivity index is 2.02. The average Bonchev–Trinajstić information content (AvgIpc) is 2.92. The zero-order valence-electron chi connectivity index (χ0n) is 10.0. The number of phenolic OH excluding ortho intramolecular Hbond substituents is 1. The Hall–Kier alpha value is -2.04. The first-order valence-electron chi connectivity index (χ1n) is 5.72. The molecule has 0 saturated carbocycles. The molecule has 1 heterocycles. The first-order valence-corrected chi connectivity index (χ1v) is 6.48. The minimum atomic E-state index is 0.173. The number of aromatic nitrogens is 2. The van der Waals surface area contributed by atoms with Gasteiger partial charge in [0.05, 0.1) is 15.6 Å². The highest BCUT2D eigenvalue weighted by Crippen LogP contribution is 2.33. The Morgan fingerprint density at radius 1 is 0.900 bits per heavy atom. The summed E-state index contributed by atoms with van der Waals surface area (Å²) in [7, 11) is 0. The summed E-state index contributed by atoms with van der Waals surface area (Å²) in [6, 6.07) is 11.7. The van der Waals surface area contributed by atoms with E-state index in [2.05, 4.69) is 10.2 Å². The van der Waals surface area contributed by atoms with Crippen LogP contribution in [0.1, 0.15) is 0 Å². The molecule has 6 heteroatoms. The quantitative estimate of drug-likeness (QED) is 0.761. The van der Waals surface area contributed by atoms with Crippen LogP contribution in [0.15, 0.2) is 46.9 Å². The van der Waals surface area contributed by atoms with Crippen LogP contribution < -0.4 is 0 Å². The molecule has 0 aliphatic carbocycles. The molecule has 3 rings (SSSR count). The van der Waals surface area contributed by atoms with Crippen molar-refractivity contribution in [1.82, 2.24) is 10.2 Å². The van der Waals surface area contributed by atoms with Gasteiger partial charge in [-0.2, -0.15) is 0 Å². The zero-order chi connectivity index (χ0) is 14.1. The molecule has 0 fully saturated rings. The number of benzene rings is 2. The lowest BCUT2D eigenvalue weighted by atomic mass is 10.2. The summed E-state index contributed by atoms with van der Waals surface area (Å²) in [6.45, 7) is 0. The van der Waals surface area contributed by atoms with Crippen LogP contribution in [0.2, 0.25) is 10.0 Å². The minimum absolute atomic E-state index is 0.173. The Kier molecular flexibility index (Phi) is 3.34. The third-order valence-corrected chi connectivity index (χ3v) is 3.54.